The second kappa shape index (κ2) is 8.17. The van der Waals surface area contributed by atoms with E-state index in [4.69, 9.17) is 6.42 Å². The van der Waals surface area contributed by atoms with E-state index in [1.54, 1.807) is 6.92 Å². The number of rotatable bonds is 6. The highest BCUT2D eigenvalue weighted by Gasteiger charge is 2.17. The smallest absolute Gasteiger partial charge is 0.255 e. The summed E-state index contributed by atoms with van der Waals surface area (Å²) >= 11 is 0. The summed E-state index contributed by atoms with van der Waals surface area (Å²) in [5.74, 6) is 1.28. The predicted octanol–water partition coefficient (Wildman–Crippen LogP) is 1.27. The first-order valence-electron chi connectivity index (χ1n) is 8.21. The lowest BCUT2D eigenvalue weighted by atomic mass is 10.2. The molecule has 3 aromatic rings. The van der Waals surface area contributed by atoms with Gasteiger partial charge in [-0.1, -0.05) is 12.0 Å². The number of sulfonamides is 1. The third kappa shape index (κ3) is 4.45. The van der Waals surface area contributed by atoms with Gasteiger partial charge in [0, 0.05) is 5.56 Å². The van der Waals surface area contributed by atoms with E-state index in [1.165, 1.54) is 41.1 Å². The molecular weight excluding hydrogens is 399 g/mol. The zero-order valence-electron chi connectivity index (χ0n) is 15.1. The van der Waals surface area contributed by atoms with Crippen LogP contribution < -0.4 is 10.0 Å². The Morgan fingerprint density at radius 3 is 2.76 bits per heavy atom. The van der Waals surface area contributed by atoms with Crippen molar-refractivity contribution in [2.45, 2.75) is 11.8 Å². The molecule has 9 nitrogen and oxygen atoms in total. The molecule has 0 spiro atoms. The van der Waals surface area contributed by atoms with Gasteiger partial charge in [-0.05, 0) is 53.7 Å². The van der Waals surface area contributed by atoms with Crippen LogP contribution in [0, 0.1) is 25.1 Å². The maximum absolute atomic E-state index is 14.2. The van der Waals surface area contributed by atoms with Crippen molar-refractivity contribution in [3.05, 3.63) is 59.7 Å². The van der Waals surface area contributed by atoms with Gasteiger partial charge < -0.3 is 5.32 Å². The number of carbonyl (C=O) groups excluding carboxylic acids is 1. The lowest BCUT2D eigenvalue weighted by Gasteiger charge is -2.10. The topological polar surface area (TPSA) is 119 Å². The van der Waals surface area contributed by atoms with E-state index in [9.17, 15) is 17.6 Å². The number of aryl methyl sites for hydroxylation is 1. The van der Waals surface area contributed by atoms with Crippen molar-refractivity contribution in [3.63, 3.8) is 0 Å². The molecule has 0 atom stereocenters. The molecule has 148 valence electrons. The van der Waals surface area contributed by atoms with Gasteiger partial charge in [-0.25, -0.2) is 12.8 Å². The van der Waals surface area contributed by atoms with Gasteiger partial charge in [-0.3, -0.25) is 4.79 Å². The van der Waals surface area contributed by atoms with E-state index in [-0.39, 0.29) is 22.7 Å². The number of halogens is 1. The van der Waals surface area contributed by atoms with E-state index < -0.39 is 21.7 Å². The van der Waals surface area contributed by atoms with Crippen LogP contribution in [0.5, 0.6) is 0 Å². The molecule has 0 aliphatic heterocycles. The molecule has 0 aliphatic rings. The van der Waals surface area contributed by atoms with E-state index in [1.807, 2.05) is 0 Å². The van der Waals surface area contributed by atoms with E-state index >= 15 is 0 Å². The van der Waals surface area contributed by atoms with E-state index in [0.717, 1.165) is 6.07 Å². The number of carbonyl (C=O) groups is 1. The van der Waals surface area contributed by atoms with Crippen molar-refractivity contribution < 1.29 is 17.6 Å². The minimum absolute atomic E-state index is 0.0250. The fourth-order valence-corrected chi connectivity index (χ4v) is 3.41. The number of anilines is 1. The van der Waals surface area contributed by atoms with Crippen molar-refractivity contribution >= 4 is 21.6 Å². The molecule has 2 N–H and O–H groups in total. The average Bonchev–Trinajstić information content (AvgIpc) is 3.14. The SMILES string of the molecule is C#CCNS(=O)(=O)c1cccc(C(=O)Nc2cc(-n3nnnc3C)ccc2F)c1. The Labute approximate surface area is 166 Å². The Morgan fingerprint density at radius 2 is 2.07 bits per heavy atom. The third-order valence-corrected chi connectivity index (χ3v) is 5.24. The Balaban J connectivity index is 1.87. The number of terminal acetylenes is 1. The molecule has 29 heavy (non-hydrogen) atoms. The van der Waals surface area contributed by atoms with Crippen molar-refractivity contribution in [1.82, 2.24) is 24.9 Å². The molecule has 0 fully saturated rings. The van der Waals surface area contributed by atoms with Gasteiger partial charge >= 0.3 is 0 Å². The van der Waals surface area contributed by atoms with Gasteiger partial charge in [0.15, 0.2) is 5.82 Å². The highest BCUT2D eigenvalue weighted by Crippen LogP contribution is 2.20. The fourth-order valence-electron chi connectivity index (χ4n) is 2.43. The van der Waals surface area contributed by atoms with Gasteiger partial charge in [0.1, 0.15) is 5.82 Å². The molecule has 0 unspecified atom stereocenters. The number of benzene rings is 2. The zero-order valence-corrected chi connectivity index (χ0v) is 15.9. The fraction of sp³-hybridized carbons (Fsp3) is 0.111. The van der Waals surface area contributed by atoms with Crippen molar-refractivity contribution in [1.29, 1.82) is 0 Å². The van der Waals surface area contributed by atoms with Gasteiger partial charge in [0.2, 0.25) is 10.0 Å². The number of nitrogens with zero attached hydrogens (tertiary/aromatic N) is 4. The molecule has 1 aromatic heterocycles. The van der Waals surface area contributed by atoms with E-state index in [0.29, 0.717) is 11.5 Å². The maximum Gasteiger partial charge on any atom is 0.255 e. The Morgan fingerprint density at radius 1 is 1.28 bits per heavy atom. The molecule has 0 radical (unpaired) electrons. The summed E-state index contributed by atoms with van der Waals surface area (Å²) in [6.07, 6.45) is 5.06. The van der Waals surface area contributed by atoms with Crippen LogP contribution in [0.4, 0.5) is 10.1 Å². The number of hydrogen-bond donors (Lipinski definition) is 2. The van der Waals surface area contributed by atoms with Gasteiger partial charge in [-0.2, -0.15) is 9.40 Å². The lowest BCUT2D eigenvalue weighted by Crippen LogP contribution is -2.24. The first-order valence-corrected chi connectivity index (χ1v) is 9.69. The van der Waals surface area contributed by atoms with Gasteiger partial charge in [0.25, 0.3) is 5.91 Å². The van der Waals surface area contributed by atoms with E-state index in [2.05, 4.69) is 31.5 Å². The van der Waals surface area contributed by atoms with Crippen LogP contribution in [-0.2, 0) is 10.0 Å². The van der Waals surface area contributed by atoms with Crippen molar-refractivity contribution in [2.24, 2.45) is 0 Å². The lowest BCUT2D eigenvalue weighted by molar-refractivity contribution is 0.102. The summed E-state index contributed by atoms with van der Waals surface area (Å²) in [4.78, 5) is 12.4. The molecule has 1 heterocycles. The maximum atomic E-state index is 14.2. The summed E-state index contributed by atoms with van der Waals surface area (Å²) in [7, 11) is -3.87. The second-order valence-electron chi connectivity index (χ2n) is 5.81. The molecule has 11 heteroatoms. The second-order valence-corrected chi connectivity index (χ2v) is 7.58. The van der Waals surface area contributed by atoms with Crippen LogP contribution in [0.25, 0.3) is 5.69 Å². The normalized spacial score (nSPS) is 11.1. The zero-order chi connectivity index (χ0) is 21.0. The van der Waals surface area contributed by atoms with Crippen molar-refractivity contribution in [2.75, 3.05) is 11.9 Å². The minimum atomic E-state index is -3.87. The summed E-state index contributed by atoms with van der Waals surface area (Å²) < 4.78 is 42.1. The van der Waals surface area contributed by atoms with Crippen LogP contribution in [-0.4, -0.2) is 41.1 Å². The number of tetrazole rings is 1. The minimum Gasteiger partial charge on any atom is -0.319 e. The Bertz CT molecular complexity index is 1220. The molecular formula is C18H15FN6O3S. The van der Waals surface area contributed by atoms with Crippen molar-refractivity contribution in [3.8, 4) is 18.0 Å². The van der Waals surface area contributed by atoms with Gasteiger partial charge in [0.05, 0.1) is 22.8 Å². The Kier molecular flexibility index (Phi) is 5.67. The summed E-state index contributed by atoms with van der Waals surface area (Å²) in [5.41, 5.74) is 0.358. The van der Waals surface area contributed by atoms with Crippen LogP contribution >= 0.6 is 0 Å². The molecule has 1 amide bonds. The molecule has 0 bridgehead atoms. The van der Waals surface area contributed by atoms with Crippen LogP contribution in [0.1, 0.15) is 16.2 Å². The monoisotopic (exact) mass is 414 g/mol. The molecule has 0 saturated heterocycles. The quantitative estimate of drug-likeness (QED) is 0.587. The largest absolute Gasteiger partial charge is 0.319 e. The average molecular weight is 414 g/mol. The number of aromatic nitrogens is 4. The first kappa shape index (κ1) is 20.1. The number of amides is 1. The predicted molar refractivity (Wildman–Crippen MR) is 102 cm³/mol. The summed E-state index contributed by atoms with van der Waals surface area (Å²) in [6, 6.07) is 9.28. The van der Waals surface area contributed by atoms with Gasteiger partial charge in [-0.15, -0.1) is 11.5 Å². The van der Waals surface area contributed by atoms with Crippen LogP contribution in [0.3, 0.4) is 0 Å². The highest BCUT2D eigenvalue weighted by molar-refractivity contribution is 7.89. The summed E-state index contributed by atoms with van der Waals surface area (Å²) in [5, 5.41) is 13.5. The highest BCUT2D eigenvalue weighted by atomic mass is 32.2. The van der Waals surface area contributed by atoms with Crippen LogP contribution in [0.2, 0.25) is 0 Å². The molecule has 0 saturated carbocycles. The molecule has 0 aliphatic carbocycles. The number of nitrogens with one attached hydrogen (secondary N) is 2. The number of hydrogen-bond acceptors (Lipinski definition) is 6. The first-order chi connectivity index (χ1) is 13.8. The molecule has 3 rings (SSSR count). The molecule has 2 aromatic carbocycles. The third-order valence-electron chi connectivity index (χ3n) is 3.84. The Hall–Kier alpha value is -3.62. The van der Waals surface area contributed by atoms with Crippen LogP contribution in [0.15, 0.2) is 47.4 Å². The summed E-state index contributed by atoms with van der Waals surface area (Å²) in [6.45, 7) is 1.48. The standard InChI is InChI=1S/C18H15FN6O3S/c1-3-9-20-29(27,28)15-6-4-5-13(10-15)18(26)21-17-11-14(7-8-16(17)19)25-12(2)22-23-24-25/h1,4-8,10-11,20H,9H2,2H3,(H,21,26).